The molecule has 2 aliphatic rings. The molecule has 0 aliphatic carbocycles. The maximum absolute atomic E-state index is 12.4. The van der Waals surface area contributed by atoms with Gasteiger partial charge in [-0.3, -0.25) is 9.69 Å². The van der Waals surface area contributed by atoms with Crippen molar-refractivity contribution in [2.75, 3.05) is 13.1 Å². The van der Waals surface area contributed by atoms with E-state index in [1.54, 1.807) is 0 Å². The van der Waals surface area contributed by atoms with Crippen LogP contribution in [0, 0.1) is 0 Å². The Hall–Kier alpha value is -1.15. The molecule has 134 valence electrons. The first kappa shape index (κ1) is 19.9. The summed E-state index contributed by atoms with van der Waals surface area (Å²) in [6.07, 6.45) is -0.680. The van der Waals surface area contributed by atoms with Gasteiger partial charge in [-0.25, -0.2) is 4.79 Å². The van der Waals surface area contributed by atoms with Crippen molar-refractivity contribution in [3.05, 3.63) is 0 Å². The first-order valence-corrected chi connectivity index (χ1v) is 7.78. The highest BCUT2D eigenvalue weighted by Gasteiger charge is 2.40. The van der Waals surface area contributed by atoms with E-state index in [1.165, 1.54) is 6.42 Å². The van der Waals surface area contributed by atoms with Crippen molar-refractivity contribution in [2.24, 2.45) is 0 Å². The summed E-state index contributed by atoms with van der Waals surface area (Å²) >= 11 is 0. The van der Waals surface area contributed by atoms with Crippen molar-refractivity contribution < 1.29 is 27.9 Å². The zero-order valence-electron chi connectivity index (χ0n) is 13.7. The molecular formula is C15H25F3N2O3. The normalized spacial score (nSPS) is 25.8. The number of alkyl halides is 3. The first-order valence-electron chi connectivity index (χ1n) is 7.78. The van der Waals surface area contributed by atoms with E-state index < -0.39 is 12.1 Å². The molecule has 0 amide bonds. The second-order valence-corrected chi connectivity index (χ2v) is 6.88. The average Bonchev–Trinajstić information content (AvgIpc) is 3.08. The van der Waals surface area contributed by atoms with Crippen molar-refractivity contribution >= 4 is 11.8 Å². The Balaban J connectivity index is 0.000000322. The van der Waals surface area contributed by atoms with Crippen LogP contribution in [-0.2, 0) is 9.59 Å². The number of carbonyl (C=O) groups is 2. The van der Waals surface area contributed by atoms with Crippen LogP contribution in [0.3, 0.4) is 0 Å². The Morgan fingerprint density at radius 1 is 1.13 bits per heavy atom. The summed E-state index contributed by atoms with van der Waals surface area (Å²) in [5, 5.41) is 10.5. The average molecular weight is 338 g/mol. The number of carbonyl (C=O) groups excluding carboxylic acids is 1. The lowest BCUT2D eigenvalue weighted by molar-refractivity contribution is -0.192. The van der Waals surface area contributed by atoms with Gasteiger partial charge < -0.3 is 10.4 Å². The molecule has 0 aromatic heterocycles. The standard InChI is InChI=1S/C13H24N2O.C2HF3O2/c1-13(2,3)15-9-5-7-11(15)12(16)10-6-4-8-14-10;3-2(4,5)1(6)7/h10-11,14H,4-9H2,1-3H3;(H,6,7)/t10?,11-;/m0./s1. The number of Topliss-reactive ketones (excluding diaryl/α,β-unsaturated/α-hetero) is 1. The van der Waals surface area contributed by atoms with Crippen LogP contribution in [0.2, 0.25) is 0 Å². The minimum atomic E-state index is -5.08. The zero-order valence-corrected chi connectivity index (χ0v) is 13.7. The number of likely N-dealkylation sites (tertiary alicyclic amines) is 1. The third-order valence-corrected chi connectivity index (χ3v) is 4.09. The van der Waals surface area contributed by atoms with E-state index in [4.69, 9.17) is 9.90 Å². The zero-order chi connectivity index (χ0) is 17.8. The molecule has 0 aromatic carbocycles. The highest BCUT2D eigenvalue weighted by Crippen LogP contribution is 2.28. The number of aliphatic carboxylic acids is 1. The maximum atomic E-state index is 12.4. The van der Waals surface area contributed by atoms with E-state index >= 15 is 0 Å². The Kier molecular flexibility index (Phi) is 6.59. The van der Waals surface area contributed by atoms with Crippen LogP contribution in [0.5, 0.6) is 0 Å². The van der Waals surface area contributed by atoms with Crippen LogP contribution in [0.4, 0.5) is 13.2 Å². The molecule has 0 radical (unpaired) electrons. The van der Waals surface area contributed by atoms with Gasteiger partial charge in [-0.1, -0.05) is 0 Å². The highest BCUT2D eigenvalue weighted by atomic mass is 19.4. The minimum Gasteiger partial charge on any atom is -0.475 e. The molecule has 1 unspecified atom stereocenters. The van der Waals surface area contributed by atoms with E-state index in [9.17, 15) is 18.0 Å². The van der Waals surface area contributed by atoms with Crippen LogP contribution in [0.25, 0.3) is 0 Å². The fourth-order valence-corrected chi connectivity index (χ4v) is 3.03. The molecule has 0 aromatic rings. The van der Waals surface area contributed by atoms with Crippen molar-refractivity contribution in [1.82, 2.24) is 10.2 Å². The summed E-state index contributed by atoms with van der Waals surface area (Å²) in [5.74, 6) is -2.32. The lowest BCUT2D eigenvalue weighted by Crippen LogP contribution is -2.51. The molecule has 5 nitrogen and oxygen atoms in total. The number of halogens is 3. The molecule has 0 bridgehead atoms. The minimum absolute atomic E-state index is 0.120. The molecule has 2 rings (SSSR count). The summed E-state index contributed by atoms with van der Waals surface area (Å²) in [6.45, 7) is 8.72. The number of ketones is 1. The second-order valence-electron chi connectivity index (χ2n) is 6.88. The van der Waals surface area contributed by atoms with Gasteiger partial charge in [0.05, 0.1) is 12.1 Å². The Bertz CT molecular complexity index is 427. The van der Waals surface area contributed by atoms with Crippen molar-refractivity contribution in [3.63, 3.8) is 0 Å². The highest BCUT2D eigenvalue weighted by molar-refractivity contribution is 5.89. The fraction of sp³-hybridized carbons (Fsp3) is 0.867. The lowest BCUT2D eigenvalue weighted by atomic mass is 9.98. The van der Waals surface area contributed by atoms with Crippen LogP contribution in [-0.4, -0.2) is 58.6 Å². The molecule has 8 heteroatoms. The van der Waals surface area contributed by atoms with Gasteiger partial charge in [0.2, 0.25) is 0 Å². The fourth-order valence-electron chi connectivity index (χ4n) is 3.03. The van der Waals surface area contributed by atoms with Gasteiger partial charge in [-0.15, -0.1) is 0 Å². The van der Waals surface area contributed by atoms with Gasteiger partial charge in [0, 0.05) is 5.54 Å². The number of nitrogens with one attached hydrogen (secondary N) is 1. The number of hydrogen-bond donors (Lipinski definition) is 2. The van der Waals surface area contributed by atoms with Crippen LogP contribution in [0.15, 0.2) is 0 Å². The largest absolute Gasteiger partial charge is 0.490 e. The topological polar surface area (TPSA) is 69.6 Å². The quantitative estimate of drug-likeness (QED) is 0.808. The number of hydrogen-bond acceptors (Lipinski definition) is 4. The third-order valence-electron chi connectivity index (χ3n) is 4.09. The molecular weight excluding hydrogens is 313 g/mol. The monoisotopic (exact) mass is 338 g/mol. The number of carboxylic acids is 1. The third kappa shape index (κ3) is 5.76. The molecule has 2 N–H and O–H groups in total. The molecule has 2 fully saturated rings. The molecule has 0 spiro atoms. The van der Waals surface area contributed by atoms with Gasteiger partial charge in [0.1, 0.15) is 0 Å². The molecule has 2 aliphatic heterocycles. The number of rotatable bonds is 2. The van der Waals surface area contributed by atoms with E-state index in [2.05, 4.69) is 31.0 Å². The summed E-state index contributed by atoms with van der Waals surface area (Å²) in [7, 11) is 0. The van der Waals surface area contributed by atoms with Gasteiger partial charge in [0.25, 0.3) is 0 Å². The van der Waals surface area contributed by atoms with Crippen LogP contribution >= 0.6 is 0 Å². The maximum Gasteiger partial charge on any atom is 0.490 e. The predicted octanol–water partition coefficient (Wildman–Crippen LogP) is 2.20. The summed E-state index contributed by atoms with van der Waals surface area (Å²) in [5.41, 5.74) is 0.120. The molecule has 23 heavy (non-hydrogen) atoms. The predicted molar refractivity (Wildman–Crippen MR) is 79.2 cm³/mol. The van der Waals surface area contributed by atoms with Crippen molar-refractivity contribution in [1.29, 1.82) is 0 Å². The van der Waals surface area contributed by atoms with Crippen molar-refractivity contribution in [2.45, 2.75) is 70.3 Å². The van der Waals surface area contributed by atoms with Gasteiger partial charge in [-0.2, -0.15) is 13.2 Å². The lowest BCUT2D eigenvalue weighted by Gasteiger charge is -2.37. The SMILES string of the molecule is CC(C)(C)N1CCC[C@H]1C(=O)C1CCCN1.O=C(O)C(F)(F)F. The molecule has 2 heterocycles. The summed E-state index contributed by atoms with van der Waals surface area (Å²) in [4.78, 5) is 23.7. The van der Waals surface area contributed by atoms with Crippen LogP contribution in [0.1, 0.15) is 46.5 Å². The summed E-state index contributed by atoms with van der Waals surface area (Å²) in [6, 6.07) is 0.295. The van der Waals surface area contributed by atoms with E-state index in [1.807, 2.05) is 0 Å². The Morgan fingerprint density at radius 3 is 2.09 bits per heavy atom. The number of nitrogens with zero attached hydrogens (tertiary/aromatic N) is 1. The smallest absolute Gasteiger partial charge is 0.475 e. The molecule has 2 atom stereocenters. The van der Waals surface area contributed by atoms with Crippen LogP contribution < -0.4 is 5.32 Å². The molecule has 2 saturated heterocycles. The number of carboxylic acid groups (broad SMARTS) is 1. The Morgan fingerprint density at radius 2 is 1.70 bits per heavy atom. The van der Waals surface area contributed by atoms with Gasteiger partial charge in [-0.05, 0) is 59.5 Å². The van der Waals surface area contributed by atoms with E-state index in [0.717, 1.165) is 32.4 Å². The summed E-state index contributed by atoms with van der Waals surface area (Å²) < 4.78 is 31.7. The Labute approximate surface area is 134 Å². The van der Waals surface area contributed by atoms with Gasteiger partial charge in [0.15, 0.2) is 5.78 Å². The van der Waals surface area contributed by atoms with Crippen molar-refractivity contribution in [3.8, 4) is 0 Å². The van der Waals surface area contributed by atoms with E-state index in [-0.39, 0.29) is 17.6 Å². The van der Waals surface area contributed by atoms with E-state index in [0.29, 0.717) is 5.78 Å². The van der Waals surface area contributed by atoms with Gasteiger partial charge >= 0.3 is 12.1 Å². The molecule has 0 saturated carbocycles. The first-order chi connectivity index (χ1) is 10.4. The second kappa shape index (κ2) is 7.61.